The molecule has 8 nitrogen and oxygen atoms in total. The maximum absolute atomic E-state index is 11.2. The molecule has 43 heavy (non-hydrogen) atoms. The lowest BCUT2D eigenvalue weighted by Gasteiger charge is -2.60. The third-order valence-corrected chi connectivity index (χ3v) is 9.34. The van der Waals surface area contributed by atoms with Crippen molar-refractivity contribution in [3.8, 4) is 29.1 Å². The van der Waals surface area contributed by atoms with Crippen LogP contribution in [0.25, 0.3) is 0 Å². The number of rotatable bonds is 11. The molecule has 0 saturated carbocycles. The number of aliphatic hydroxyl groups excluding tert-OH is 1. The summed E-state index contributed by atoms with van der Waals surface area (Å²) in [6.07, 6.45) is 6.41. The fourth-order valence-corrected chi connectivity index (χ4v) is 7.82. The lowest BCUT2D eigenvalue weighted by atomic mass is 9.71. The van der Waals surface area contributed by atoms with E-state index in [0.29, 0.717) is 30.3 Å². The molecule has 8 heteroatoms. The number of piperazine rings is 1. The number of fused-ring (bicyclic) bond motifs is 7. The Labute approximate surface area is 255 Å². The second kappa shape index (κ2) is 12.5. The molecule has 2 aromatic carbocycles. The number of likely N-dealkylation sites (N-methyl/N-ethyl adjacent to an activating group) is 1. The fourth-order valence-electron chi connectivity index (χ4n) is 7.82. The number of ether oxygens (including phenoxy) is 4. The first kappa shape index (κ1) is 30.7. The van der Waals surface area contributed by atoms with Gasteiger partial charge in [0.05, 0.1) is 31.9 Å². The van der Waals surface area contributed by atoms with E-state index in [4.69, 9.17) is 18.9 Å². The fraction of sp³-hybridized carbons (Fsp3) is 0.457. The van der Waals surface area contributed by atoms with E-state index in [1.807, 2.05) is 6.92 Å². The number of aliphatic hydroxyl groups is 1. The summed E-state index contributed by atoms with van der Waals surface area (Å²) in [5.41, 5.74) is 7.29. The first-order valence-electron chi connectivity index (χ1n) is 14.9. The standard InChI is InChI=1S/C35H43N3O5/c1-9-12-41-33-22(6)34(42-13-10-2)35(43-14-11-3)30-24(33)17-26-31-29-21(5)32(40-8)20(4)15-23(29)16-25(37(31)7)27(18-36)38(26)28(30)19-39/h9-11,15,25-28,31,39H,1-3,12-14,16-17,19H2,4-8H3/t25?,26-,27-,28-,31-/m0/s1. The second-order valence-corrected chi connectivity index (χ2v) is 11.6. The zero-order chi connectivity index (χ0) is 31.0. The van der Waals surface area contributed by atoms with Gasteiger partial charge in [-0.15, -0.1) is 0 Å². The third-order valence-electron chi connectivity index (χ3n) is 9.34. The molecular formula is C35H43N3O5. The van der Waals surface area contributed by atoms with Crippen LogP contribution in [0.4, 0.5) is 0 Å². The van der Waals surface area contributed by atoms with E-state index < -0.39 is 12.1 Å². The van der Waals surface area contributed by atoms with Crippen LogP contribution in [0.3, 0.4) is 0 Å². The summed E-state index contributed by atoms with van der Waals surface area (Å²) in [4.78, 5) is 4.60. The monoisotopic (exact) mass is 585 g/mol. The van der Waals surface area contributed by atoms with Gasteiger partial charge in [0.2, 0.25) is 0 Å². The molecule has 228 valence electrons. The Morgan fingerprint density at radius 2 is 1.53 bits per heavy atom. The third kappa shape index (κ3) is 4.80. The number of benzene rings is 2. The average molecular weight is 586 g/mol. The zero-order valence-electron chi connectivity index (χ0n) is 26.0. The number of nitrogens with zero attached hydrogens (tertiary/aromatic N) is 3. The number of hydrogen-bond acceptors (Lipinski definition) is 8. The molecule has 1 N–H and O–H groups in total. The van der Waals surface area contributed by atoms with Crippen molar-refractivity contribution in [3.63, 3.8) is 0 Å². The molecule has 1 fully saturated rings. The van der Waals surface area contributed by atoms with Crippen molar-refractivity contribution in [1.82, 2.24) is 9.80 Å². The Balaban J connectivity index is 1.80. The van der Waals surface area contributed by atoms with Crippen molar-refractivity contribution in [3.05, 3.63) is 83.0 Å². The van der Waals surface area contributed by atoms with Gasteiger partial charge in [-0.3, -0.25) is 9.80 Å². The summed E-state index contributed by atoms with van der Waals surface area (Å²) < 4.78 is 24.8. The summed E-state index contributed by atoms with van der Waals surface area (Å²) in [5.74, 6) is 2.68. The predicted octanol–water partition coefficient (Wildman–Crippen LogP) is 5.08. The Morgan fingerprint density at radius 3 is 2.12 bits per heavy atom. The summed E-state index contributed by atoms with van der Waals surface area (Å²) in [7, 11) is 3.85. The Bertz CT molecular complexity index is 1480. The van der Waals surface area contributed by atoms with Crippen molar-refractivity contribution in [1.29, 1.82) is 5.26 Å². The molecule has 0 aliphatic carbocycles. The van der Waals surface area contributed by atoms with E-state index in [1.54, 1.807) is 25.3 Å². The van der Waals surface area contributed by atoms with Crippen molar-refractivity contribution in [2.75, 3.05) is 40.6 Å². The number of nitriles is 1. The summed E-state index contributed by atoms with van der Waals surface area (Å²) >= 11 is 0. The quantitative estimate of drug-likeness (QED) is 0.366. The normalized spacial score (nSPS) is 24.1. The van der Waals surface area contributed by atoms with Gasteiger partial charge in [-0.25, -0.2) is 0 Å². The second-order valence-electron chi connectivity index (χ2n) is 11.6. The Morgan fingerprint density at radius 1 is 0.907 bits per heavy atom. The van der Waals surface area contributed by atoms with Crippen molar-refractivity contribution >= 4 is 0 Å². The SMILES string of the molecule is C=CCOc1c(C)c(OCC=C)c(OCC=C)c2c1C[C@H]1[C@H]3c4c(cc(C)c(OC)c4C)CC([C@H](C#N)N1[C@H]2CO)N3C. The minimum absolute atomic E-state index is 0.0307. The van der Waals surface area contributed by atoms with Crippen LogP contribution in [-0.4, -0.2) is 73.6 Å². The molecule has 5 rings (SSSR count). The molecular weight excluding hydrogens is 542 g/mol. The molecule has 0 spiro atoms. The molecule has 0 aromatic heterocycles. The highest BCUT2D eigenvalue weighted by molar-refractivity contribution is 5.66. The highest BCUT2D eigenvalue weighted by Crippen LogP contribution is 2.56. The summed E-state index contributed by atoms with van der Waals surface area (Å²) in [6.45, 7) is 18.3. The van der Waals surface area contributed by atoms with E-state index >= 15 is 0 Å². The van der Waals surface area contributed by atoms with Gasteiger partial charge in [-0.1, -0.05) is 44.0 Å². The van der Waals surface area contributed by atoms with Gasteiger partial charge in [-0.2, -0.15) is 5.26 Å². The smallest absolute Gasteiger partial charge is 0.168 e. The van der Waals surface area contributed by atoms with Gasteiger partial charge in [0, 0.05) is 28.8 Å². The predicted molar refractivity (Wildman–Crippen MR) is 167 cm³/mol. The van der Waals surface area contributed by atoms with Crippen LogP contribution in [0.2, 0.25) is 0 Å². The molecule has 2 aromatic rings. The first-order valence-corrected chi connectivity index (χ1v) is 14.9. The van der Waals surface area contributed by atoms with Gasteiger partial charge in [0.1, 0.15) is 37.4 Å². The van der Waals surface area contributed by atoms with Crippen LogP contribution in [0.1, 0.15) is 51.0 Å². The Hall–Kier alpha value is -3.77. The molecule has 0 radical (unpaired) electrons. The average Bonchev–Trinajstić information content (AvgIpc) is 2.99. The van der Waals surface area contributed by atoms with Gasteiger partial charge in [0.15, 0.2) is 11.5 Å². The lowest BCUT2D eigenvalue weighted by Crippen LogP contribution is -2.68. The molecule has 3 aliphatic rings. The van der Waals surface area contributed by atoms with Crippen LogP contribution in [-0.2, 0) is 12.8 Å². The summed E-state index contributed by atoms with van der Waals surface area (Å²) in [6, 6.07) is 3.67. The van der Waals surface area contributed by atoms with E-state index in [0.717, 1.165) is 40.0 Å². The molecule has 3 aliphatic heterocycles. The van der Waals surface area contributed by atoms with E-state index in [9.17, 15) is 10.4 Å². The van der Waals surface area contributed by atoms with Crippen LogP contribution in [0, 0.1) is 32.1 Å². The van der Waals surface area contributed by atoms with Crippen molar-refractivity contribution in [2.45, 2.75) is 63.8 Å². The molecule has 2 bridgehead atoms. The van der Waals surface area contributed by atoms with E-state index in [-0.39, 0.29) is 37.9 Å². The van der Waals surface area contributed by atoms with Gasteiger partial charge < -0.3 is 24.1 Å². The molecule has 1 unspecified atom stereocenters. The largest absolute Gasteiger partial charge is 0.496 e. The maximum atomic E-state index is 11.2. The first-order chi connectivity index (χ1) is 20.8. The van der Waals surface area contributed by atoms with Crippen molar-refractivity contribution < 1.29 is 24.1 Å². The molecule has 5 atom stereocenters. The molecule has 0 amide bonds. The maximum Gasteiger partial charge on any atom is 0.168 e. The minimum atomic E-state index is -0.524. The molecule has 1 saturated heterocycles. The Kier molecular flexibility index (Phi) is 8.89. The van der Waals surface area contributed by atoms with Crippen LogP contribution < -0.4 is 18.9 Å². The number of hydrogen-bond donors (Lipinski definition) is 1. The molecule has 3 heterocycles. The van der Waals surface area contributed by atoms with Crippen LogP contribution >= 0.6 is 0 Å². The van der Waals surface area contributed by atoms with Gasteiger partial charge in [-0.05, 0) is 62.9 Å². The van der Waals surface area contributed by atoms with E-state index in [1.165, 1.54) is 11.1 Å². The number of methoxy groups -OCH3 is 1. The zero-order valence-corrected chi connectivity index (χ0v) is 26.0. The minimum Gasteiger partial charge on any atom is -0.496 e. The summed E-state index contributed by atoms with van der Waals surface area (Å²) in [5, 5.41) is 21.9. The van der Waals surface area contributed by atoms with E-state index in [2.05, 4.69) is 62.6 Å². The lowest BCUT2D eigenvalue weighted by molar-refractivity contribution is -0.0823. The van der Waals surface area contributed by atoms with Crippen LogP contribution in [0.15, 0.2) is 44.0 Å². The topological polar surface area (TPSA) is 87.4 Å². The highest BCUT2D eigenvalue weighted by Gasteiger charge is 2.56. The van der Waals surface area contributed by atoms with Gasteiger partial charge in [0.25, 0.3) is 0 Å². The highest BCUT2D eigenvalue weighted by atomic mass is 16.5. The van der Waals surface area contributed by atoms with Crippen LogP contribution in [0.5, 0.6) is 23.0 Å². The van der Waals surface area contributed by atoms with Gasteiger partial charge >= 0.3 is 0 Å². The van der Waals surface area contributed by atoms with Crippen molar-refractivity contribution in [2.24, 2.45) is 0 Å². The number of aryl methyl sites for hydroxylation is 1.